The van der Waals surface area contributed by atoms with E-state index in [0.29, 0.717) is 25.3 Å². The molecule has 0 bridgehead atoms. The summed E-state index contributed by atoms with van der Waals surface area (Å²) in [5.41, 5.74) is 0.389. The number of nitrogens with one attached hydrogen (secondary N) is 1. The van der Waals surface area contributed by atoms with Gasteiger partial charge in [-0.1, -0.05) is 24.3 Å². The number of carbonyl (C=O) groups is 1. The lowest BCUT2D eigenvalue weighted by Crippen LogP contribution is -2.35. The first-order valence-corrected chi connectivity index (χ1v) is 9.74. The summed E-state index contributed by atoms with van der Waals surface area (Å²) in [5.74, 6) is -0.333. The molecule has 0 aliphatic carbocycles. The van der Waals surface area contributed by atoms with Crippen molar-refractivity contribution < 1.29 is 22.4 Å². The van der Waals surface area contributed by atoms with E-state index in [9.17, 15) is 22.4 Å². The minimum absolute atomic E-state index is 0.185. The van der Waals surface area contributed by atoms with Crippen LogP contribution >= 0.6 is 0 Å². The highest BCUT2D eigenvalue weighted by Crippen LogP contribution is 2.29. The summed E-state index contributed by atoms with van der Waals surface area (Å²) < 4.78 is 51.6. The van der Waals surface area contributed by atoms with Crippen molar-refractivity contribution in [2.45, 2.75) is 38.4 Å². The molecule has 2 aromatic rings. The number of para-hydroxylation sites is 1. The van der Waals surface area contributed by atoms with Crippen LogP contribution in [0.2, 0.25) is 0 Å². The number of carbonyl (C=O) groups excluding carboxylic acids is 1. The first-order chi connectivity index (χ1) is 13.8. The molecule has 0 saturated carbocycles. The lowest BCUT2D eigenvalue weighted by atomic mass is 9.93. The molecule has 0 spiro atoms. The zero-order valence-corrected chi connectivity index (χ0v) is 16.0. The predicted octanol–water partition coefficient (Wildman–Crippen LogP) is 5.48. The average molecular weight is 408 g/mol. The number of likely N-dealkylation sites (tertiary alicyclic amines) is 1. The quantitative estimate of drug-likeness (QED) is 0.643. The lowest BCUT2D eigenvalue weighted by Gasteiger charge is -2.32. The Labute approximate surface area is 167 Å². The largest absolute Gasteiger partial charge is 0.416 e. The van der Waals surface area contributed by atoms with Crippen molar-refractivity contribution in [1.82, 2.24) is 4.90 Å². The molecule has 1 aliphatic rings. The molecule has 1 atom stereocenters. The van der Waals surface area contributed by atoms with E-state index in [4.69, 9.17) is 0 Å². The number of rotatable bonds is 6. The van der Waals surface area contributed by atoms with Crippen LogP contribution in [0.5, 0.6) is 0 Å². The van der Waals surface area contributed by atoms with Gasteiger partial charge in [-0.2, -0.15) is 13.2 Å². The molecular weight excluding hydrogens is 384 g/mol. The molecule has 2 aromatic carbocycles. The fourth-order valence-corrected chi connectivity index (χ4v) is 3.70. The van der Waals surface area contributed by atoms with Crippen LogP contribution in [0.3, 0.4) is 0 Å². The van der Waals surface area contributed by atoms with Gasteiger partial charge in [0.25, 0.3) is 0 Å². The third-order valence-corrected chi connectivity index (χ3v) is 5.22. The van der Waals surface area contributed by atoms with E-state index < -0.39 is 17.6 Å². The normalized spacial score (nSPS) is 17.9. The molecule has 1 fully saturated rings. The van der Waals surface area contributed by atoms with Gasteiger partial charge in [0.2, 0.25) is 5.91 Å². The zero-order chi connectivity index (χ0) is 20.9. The second-order valence-electron chi connectivity index (χ2n) is 7.50. The van der Waals surface area contributed by atoms with Gasteiger partial charge in [-0.25, -0.2) is 4.39 Å². The second-order valence-corrected chi connectivity index (χ2v) is 7.50. The number of hydrogen-bond donors (Lipinski definition) is 1. The van der Waals surface area contributed by atoms with Crippen molar-refractivity contribution in [2.75, 3.05) is 18.4 Å². The Bertz CT molecular complexity index is 820. The third kappa shape index (κ3) is 6.29. The summed E-state index contributed by atoms with van der Waals surface area (Å²) >= 11 is 0. The Kier molecular flexibility index (Phi) is 6.90. The average Bonchev–Trinajstić information content (AvgIpc) is 2.68. The van der Waals surface area contributed by atoms with Gasteiger partial charge in [-0.15, -0.1) is 0 Å². The van der Waals surface area contributed by atoms with Crippen molar-refractivity contribution in [3.8, 4) is 0 Å². The van der Waals surface area contributed by atoms with Crippen LogP contribution in [0.25, 0.3) is 0 Å². The van der Waals surface area contributed by atoms with Crippen LogP contribution in [0.15, 0.2) is 48.5 Å². The van der Waals surface area contributed by atoms with Gasteiger partial charge in [0.15, 0.2) is 0 Å². The number of piperidine rings is 1. The van der Waals surface area contributed by atoms with E-state index in [-0.39, 0.29) is 11.6 Å². The minimum atomic E-state index is -4.32. The van der Waals surface area contributed by atoms with E-state index in [2.05, 4.69) is 10.2 Å². The number of anilines is 1. The second kappa shape index (κ2) is 9.39. The van der Waals surface area contributed by atoms with Crippen molar-refractivity contribution in [2.24, 2.45) is 5.92 Å². The van der Waals surface area contributed by atoms with Crippen LogP contribution in [-0.2, 0) is 17.5 Å². The lowest BCUT2D eigenvalue weighted by molar-refractivity contribution is -0.137. The first kappa shape index (κ1) is 21.3. The van der Waals surface area contributed by atoms with Gasteiger partial charge in [-0.3, -0.25) is 9.69 Å². The molecule has 3 nitrogen and oxygen atoms in total. The highest BCUT2D eigenvalue weighted by atomic mass is 19.4. The maximum Gasteiger partial charge on any atom is 0.416 e. The van der Waals surface area contributed by atoms with Gasteiger partial charge >= 0.3 is 6.18 Å². The van der Waals surface area contributed by atoms with Crippen molar-refractivity contribution in [3.63, 3.8) is 0 Å². The summed E-state index contributed by atoms with van der Waals surface area (Å²) in [7, 11) is 0. The highest BCUT2D eigenvalue weighted by molar-refractivity contribution is 5.90. The number of alkyl halides is 3. The Hall–Kier alpha value is -2.41. The molecule has 1 amide bonds. The maximum atomic E-state index is 13.6. The summed E-state index contributed by atoms with van der Waals surface area (Å²) in [4.78, 5) is 14.3. The topological polar surface area (TPSA) is 32.3 Å². The molecule has 3 rings (SSSR count). The third-order valence-electron chi connectivity index (χ3n) is 5.22. The van der Waals surface area contributed by atoms with E-state index in [1.54, 1.807) is 12.1 Å². The van der Waals surface area contributed by atoms with Gasteiger partial charge in [0.1, 0.15) is 5.82 Å². The van der Waals surface area contributed by atoms with Crippen molar-refractivity contribution >= 4 is 11.6 Å². The Morgan fingerprint density at radius 2 is 1.83 bits per heavy atom. The molecule has 1 heterocycles. The predicted molar refractivity (Wildman–Crippen MR) is 104 cm³/mol. The molecule has 29 heavy (non-hydrogen) atoms. The molecule has 1 aliphatic heterocycles. The number of amides is 1. The number of nitrogens with zero attached hydrogens (tertiary/aromatic N) is 1. The van der Waals surface area contributed by atoms with E-state index in [1.807, 2.05) is 0 Å². The molecule has 0 radical (unpaired) electrons. The minimum Gasteiger partial charge on any atom is -0.324 e. The van der Waals surface area contributed by atoms with E-state index >= 15 is 0 Å². The van der Waals surface area contributed by atoms with E-state index in [1.165, 1.54) is 24.3 Å². The van der Waals surface area contributed by atoms with Crippen LogP contribution < -0.4 is 5.32 Å². The maximum absolute atomic E-state index is 13.6. The highest BCUT2D eigenvalue weighted by Gasteiger charge is 2.30. The number of hydrogen-bond acceptors (Lipinski definition) is 2. The number of halogens is 4. The summed E-state index contributed by atoms with van der Waals surface area (Å²) in [6, 6.07) is 11.3. The fraction of sp³-hybridized carbons (Fsp3) is 0.409. The Balaban J connectivity index is 1.46. The summed E-state index contributed by atoms with van der Waals surface area (Å²) in [6.07, 6.45) is -1.31. The van der Waals surface area contributed by atoms with E-state index in [0.717, 1.165) is 43.6 Å². The Morgan fingerprint density at radius 1 is 1.10 bits per heavy atom. The van der Waals surface area contributed by atoms with Crippen LogP contribution in [-0.4, -0.2) is 23.9 Å². The standard InChI is InChI=1S/C22H24F4N2O/c23-19-5-1-2-6-20(19)27-21(29)12-9-16-4-3-13-28(14-16)15-17-7-10-18(11-8-17)22(24,25)26/h1-2,5-8,10-11,16H,3-4,9,12-15H2,(H,27,29)/t16-/m0/s1. The Morgan fingerprint density at radius 3 is 2.52 bits per heavy atom. The molecule has 0 unspecified atom stereocenters. The summed E-state index contributed by atoms with van der Waals surface area (Å²) in [6.45, 7) is 2.28. The van der Waals surface area contributed by atoms with Gasteiger partial charge in [0.05, 0.1) is 11.3 Å². The van der Waals surface area contributed by atoms with Crippen LogP contribution in [0.1, 0.15) is 36.8 Å². The monoisotopic (exact) mass is 408 g/mol. The molecule has 156 valence electrons. The van der Waals surface area contributed by atoms with Crippen LogP contribution in [0, 0.1) is 11.7 Å². The van der Waals surface area contributed by atoms with Crippen molar-refractivity contribution in [3.05, 3.63) is 65.5 Å². The molecular formula is C22H24F4N2O. The van der Waals surface area contributed by atoms with Crippen molar-refractivity contribution in [1.29, 1.82) is 0 Å². The molecule has 1 N–H and O–H groups in total. The zero-order valence-electron chi connectivity index (χ0n) is 16.0. The molecule has 0 aromatic heterocycles. The van der Waals surface area contributed by atoms with Crippen LogP contribution in [0.4, 0.5) is 23.2 Å². The fourth-order valence-electron chi connectivity index (χ4n) is 3.70. The summed E-state index contributed by atoms with van der Waals surface area (Å²) in [5, 5.41) is 2.60. The smallest absolute Gasteiger partial charge is 0.324 e. The van der Waals surface area contributed by atoms with Gasteiger partial charge in [0, 0.05) is 19.5 Å². The van der Waals surface area contributed by atoms with Gasteiger partial charge in [-0.05, 0) is 61.6 Å². The van der Waals surface area contributed by atoms with Gasteiger partial charge < -0.3 is 5.32 Å². The number of benzene rings is 2. The molecule has 1 saturated heterocycles. The first-order valence-electron chi connectivity index (χ1n) is 9.74. The SMILES string of the molecule is O=C(CC[C@@H]1CCCN(Cc2ccc(C(F)(F)F)cc2)C1)Nc1ccccc1F. The molecule has 7 heteroatoms.